The molecule has 1 aromatic carbocycles. The molecule has 0 bridgehead atoms. The summed E-state index contributed by atoms with van der Waals surface area (Å²) >= 11 is 0. The minimum absolute atomic E-state index is 0.0128. The lowest BCUT2D eigenvalue weighted by Crippen LogP contribution is -2.30. The summed E-state index contributed by atoms with van der Waals surface area (Å²) in [6.45, 7) is 0.415. The number of rotatable bonds is 5. The van der Waals surface area contributed by atoms with Crippen LogP contribution in [-0.4, -0.2) is 24.5 Å². The number of likely N-dealkylation sites (N-methyl/N-ethyl adjacent to an activating group) is 1. The fraction of sp³-hybridized carbons (Fsp3) is 0.214. The summed E-state index contributed by atoms with van der Waals surface area (Å²) in [6.07, 6.45) is 1.58. The van der Waals surface area contributed by atoms with Gasteiger partial charge in [0.1, 0.15) is 11.5 Å². The molecule has 2 N–H and O–H groups in total. The molecule has 19 heavy (non-hydrogen) atoms. The van der Waals surface area contributed by atoms with E-state index in [0.717, 1.165) is 5.76 Å². The average molecular weight is 260 g/mol. The van der Waals surface area contributed by atoms with Crippen molar-refractivity contribution in [3.8, 4) is 5.75 Å². The van der Waals surface area contributed by atoms with Gasteiger partial charge in [-0.15, -0.1) is 0 Å². The van der Waals surface area contributed by atoms with Crippen LogP contribution in [0.5, 0.6) is 5.75 Å². The van der Waals surface area contributed by atoms with Gasteiger partial charge in [-0.2, -0.15) is 0 Å². The Morgan fingerprint density at radius 3 is 2.68 bits per heavy atom. The SMILES string of the molecule is CN(Cc1ccco1)C(=O)COc1ccc(N)cc1. The zero-order valence-corrected chi connectivity index (χ0v) is 10.7. The lowest BCUT2D eigenvalue weighted by atomic mass is 10.3. The van der Waals surface area contributed by atoms with Gasteiger partial charge in [0.25, 0.3) is 5.91 Å². The topological polar surface area (TPSA) is 68.7 Å². The molecule has 0 aliphatic rings. The fourth-order valence-corrected chi connectivity index (χ4v) is 1.54. The molecule has 5 heteroatoms. The first-order valence-electron chi connectivity index (χ1n) is 5.90. The Balaban J connectivity index is 1.82. The lowest BCUT2D eigenvalue weighted by Gasteiger charge is -2.16. The van der Waals surface area contributed by atoms with Gasteiger partial charge in [0, 0.05) is 12.7 Å². The van der Waals surface area contributed by atoms with E-state index in [1.807, 2.05) is 6.07 Å². The van der Waals surface area contributed by atoms with Gasteiger partial charge < -0.3 is 19.8 Å². The third kappa shape index (κ3) is 3.77. The number of nitrogen functional groups attached to an aromatic ring is 1. The third-order valence-electron chi connectivity index (χ3n) is 2.64. The second-order valence-corrected chi connectivity index (χ2v) is 4.19. The van der Waals surface area contributed by atoms with Crippen LogP contribution < -0.4 is 10.5 Å². The smallest absolute Gasteiger partial charge is 0.260 e. The van der Waals surface area contributed by atoms with Crippen molar-refractivity contribution in [1.82, 2.24) is 4.90 Å². The second kappa shape index (κ2) is 5.95. The van der Waals surface area contributed by atoms with Gasteiger partial charge in [-0.25, -0.2) is 0 Å². The van der Waals surface area contributed by atoms with E-state index in [4.69, 9.17) is 14.9 Å². The van der Waals surface area contributed by atoms with E-state index in [1.54, 1.807) is 48.5 Å². The molecule has 2 aromatic rings. The number of ether oxygens (including phenoxy) is 1. The molecule has 1 aromatic heterocycles. The van der Waals surface area contributed by atoms with Crippen molar-refractivity contribution in [2.24, 2.45) is 0 Å². The molecule has 0 unspecified atom stereocenters. The first-order valence-corrected chi connectivity index (χ1v) is 5.90. The van der Waals surface area contributed by atoms with Gasteiger partial charge in [0.05, 0.1) is 12.8 Å². The highest BCUT2D eigenvalue weighted by molar-refractivity contribution is 5.77. The molecular weight excluding hydrogens is 244 g/mol. The summed E-state index contributed by atoms with van der Waals surface area (Å²) in [7, 11) is 1.71. The summed E-state index contributed by atoms with van der Waals surface area (Å²) in [5.74, 6) is 1.24. The minimum Gasteiger partial charge on any atom is -0.484 e. The van der Waals surface area contributed by atoms with Gasteiger partial charge >= 0.3 is 0 Å². The van der Waals surface area contributed by atoms with Crippen LogP contribution in [0.1, 0.15) is 5.76 Å². The van der Waals surface area contributed by atoms with E-state index < -0.39 is 0 Å². The van der Waals surface area contributed by atoms with Crippen LogP contribution >= 0.6 is 0 Å². The summed E-state index contributed by atoms with van der Waals surface area (Å²) in [5, 5.41) is 0. The predicted molar refractivity (Wildman–Crippen MR) is 71.5 cm³/mol. The Hall–Kier alpha value is -2.43. The summed E-state index contributed by atoms with van der Waals surface area (Å²) in [5.41, 5.74) is 6.23. The molecule has 0 saturated carbocycles. The molecule has 0 fully saturated rings. The molecule has 0 radical (unpaired) electrons. The highest BCUT2D eigenvalue weighted by Gasteiger charge is 2.11. The number of furan rings is 1. The zero-order valence-electron chi connectivity index (χ0n) is 10.7. The van der Waals surface area contributed by atoms with Crippen LogP contribution in [0.2, 0.25) is 0 Å². The number of carbonyl (C=O) groups is 1. The monoisotopic (exact) mass is 260 g/mol. The molecule has 2 rings (SSSR count). The number of carbonyl (C=O) groups excluding carboxylic acids is 1. The van der Waals surface area contributed by atoms with Crippen LogP contribution in [0.15, 0.2) is 47.1 Å². The number of hydrogen-bond donors (Lipinski definition) is 1. The Morgan fingerprint density at radius 1 is 1.32 bits per heavy atom. The van der Waals surface area contributed by atoms with Gasteiger partial charge in [0.2, 0.25) is 0 Å². The number of hydrogen-bond acceptors (Lipinski definition) is 4. The highest BCUT2D eigenvalue weighted by atomic mass is 16.5. The molecule has 5 nitrogen and oxygen atoms in total. The van der Waals surface area contributed by atoms with E-state index in [9.17, 15) is 4.79 Å². The van der Waals surface area contributed by atoms with Crippen LogP contribution in [0.3, 0.4) is 0 Å². The molecule has 0 spiro atoms. The van der Waals surface area contributed by atoms with Crippen LogP contribution in [0.4, 0.5) is 5.69 Å². The third-order valence-corrected chi connectivity index (χ3v) is 2.64. The van der Waals surface area contributed by atoms with Gasteiger partial charge in [0.15, 0.2) is 6.61 Å². The molecule has 1 amide bonds. The van der Waals surface area contributed by atoms with Crippen molar-refractivity contribution >= 4 is 11.6 Å². The van der Waals surface area contributed by atoms with E-state index in [0.29, 0.717) is 18.0 Å². The standard InChI is InChI=1S/C14H16N2O3/c1-16(9-13-3-2-8-18-13)14(17)10-19-12-6-4-11(15)5-7-12/h2-8H,9-10,15H2,1H3. The van der Waals surface area contributed by atoms with Crippen molar-refractivity contribution in [3.63, 3.8) is 0 Å². The zero-order chi connectivity index (χ0) is 13.7. The number of nitrogens with two attached hydrogens (primary N) is 1. The van der Waals surface area contributed by atoms with Gasteiger partial charge in [-0.05, 0) is 36.4 Å². The quantitative estimate of drug-likeness (QED) is 0.834. The maximum absolute atomic E-state index is 11.8. The fourth-order valence-electron chi connectivity index (χ4n) is 1.54. The van der Waals surface area contributed by atoms with E-state index in [1.165, 1.54) is 0 Å². The molecule has 100 valence electrons. The van der Waals surface area contributed by atoms with E-state index in [-0.39, 0.29) is 12.5 Å². The van der Waals surface area contributed by atoms with Gasteiger partial charge in [-0.1, -0.05) is 0 Å². The van der Waals surface area contributed by atoms with Crippen molar-refractivity contribution < 1.29 is 13.9 Å². The highest BCUT2D eigenvalue weighted by Crippen LogP contribution is 2.13. The van der Waals surface area contributed by atoms with Crippen molar-refractivity contribution in [1.29, 1.82) is 0 Å². The molecule has 0 aliphatic carbocycles. The molecular formula is C14H16N2O3. The van der Waals surface area contributed by atoms with Crippen molar-refractivity contribution in [2.75, 3.05) is 19.4 Å². The summed E-state index contributed by atoms with van der Waals surface area (Å²) < 4.78 is 10.6. The van der Waals surface area contributed by atoms with Crippen molar-refractivity contribution in [3.05, 3.63) is 48.4 Å². The first kappa shape index (κ1) is 13.0. The predicted octanol–water partition coefficient (Wildman–Crippen LogP) is 1.90. The maximum atomic E-state index is 11.8. The average Bonchev–Trinajstić information content (AvgIpc) is 2.90. The lowest BCUT2D eigenvalue weighted by molar-refractivity contribution is -0.132. The number of amides is 1. The van der Waals surface area contributed by atoms with E-state index >= 15 is 0 Å². The molecule has 0 aliphatic heterocycles. The van der Waals surface area contributed by atoms with Crippen LogP contribution in [-0.2, 0) is 11.3 Å². The number of anilines is 1. The van der Waals surface area contributed by atoms with Gasteiger partial charge in [-0.3, -0.25) is 4.79 Å². The largest absolute Gasteiger partial charge is 0.484 e. The Bertz CT molecular complexity index is 520. The van der Waals surface area contributed by atoms with Crippen LogP contribution in [0.25, 0.3) is 0 Å². The summed E-state index contributed by atoms with van der Waals surface area (Å²) in [4.78, 5) is 13.4. The maximum Gasteiger partial charge on any atom is 0.260 e. The number of nitrogens with zero attached hydrogens (tertiary/aromatic N) is 1. The molecule has 1 heterocycles. The van der Waals surface area contributed by atoms with E-state index in [2.05, 4.69) is 0 Å². The first-order chi connectivity index (χ1) is 9.15. The Kier molecular flexibility index (Phi) is 4.07. The minimum atomic E-state index is -0.117. The van der Waals surface area contributed by atoms with Crippen LogP contribution in [0, 0.1) is 0 Å². The number of benzene rings is 1. The Morgan fingerprint density at radius 2 is 2.05 bits per heavy atom. The molecule has 0 atom stereocenters. The normalized spacial score (nSPS) is 10.2. The summed E-state index contributed by atoms with van der Waals surface area (Å²) in [6, 6.07) is 10.5. The second-order valence-electron chi connectivity index (χ2n) is 4.19. The molecule has 0 saturated heterocycles. The van der Waals surface area contributed by atoms with Crippen molar-refractivity contribution in [2.45, 2.75) is 6.54 Å². The Labute approximate surface area is 111 Å².